The third-order valence-corrected chi connectivity index (χ3v) is 3.64. The first-order valence-corrected chi connectivity index (χ1v) is 8.12. The Balaban J connectivity index is 2.45. The number of ether oxygens (including phenoxy) is 2. The van der Waals surface area contributed by atoms with Crippen molar-refractivity contribution in [2.75, 3.05) is 40.0 Å². The maximum atomic E-state index is 5.73. The number of rotatable bonds is 12. The maximum absolute atomic E-state index is 5.73. The van der Waals surface area contributed by atoms with Crippen molar-refractivity contribution in [2.24, 2.45) is 0 Å². The van der Waals surface area contributed by atoms with Gasteiger partial charge in [-0.15, -0.1) is 0 Å². The lowest BCUT2D eigenvalue weighted by Gasteiger charge is -2.19. The predicted octanol–water partition coefficient (Wildman–Crippen LogP) is 3.52. The van der Waals surface area contributed by atoms with Crippen molar-refractivity contribution in [3.8, 4) is 0 Å². The lowest BCUT2D eigenvalue weighted by atomic mass is 9.94. The van der Waals surface area contributed by atoms with Gasteiger partial charge in [0.1, 0.15) is 0 Å². The third kappa shape index (κ3) is 8.20. The van der Waals surface area contributed by atoms with Crippen molar-refractivity contribution in [3.63, 3.8) is 0 Å². The zero-order valence-corrected chi connectivity index (χ0v) is 13.9. The molecule has 0 saturated carbocycles. The Hall–Kier alpha value is -0.900. The molecule has 0 amide bonds. The van der Waals surface area contributed by atoms with Crippen LogP contribution >= 0.6 is 0 Å². The van der Waals surface area contributed by atoms with Crippen molar-refractivity contribution >= 4 is 0 Å². The highest BCUT2D eigenvalue weighted by molar-refractivity contribution is 5.25. The van der Waals surface area contributed by atoms with Gasteiger partial charge in [0.15, 0.2) is 0 Å². The van der Waals surface area contributed by atoms with Crippen molar-refractivity contribution < 1.29 is 9.47 Å². The lowest BCUT2D eigenvalue weighted by molar-refractivity contribution is 0.123. The van der Waals surface area contributed by atoms with Gasteiger partial charge in [-0.3, -0.25) is 0 Å². The average Bonchev–Trinajstić information content (AvgIpc) is 2.49. The van der Waals surface area contributed by atoms with Crippen LogP contribution < -0.4 is 5.32 Å². The first-order valence-electron chi connectivity index (χ1n) is 8.12. The van der Waals surface area contributed by atoms with E-state index in [0.29, 0.717) is 5.92 Å². The van der Waals surface area contributed by atoms with E-state index in [2.05, 4.69) is 43.4 Å². The molecule has 0 aliphatic rings. The minimum atomic E-state index is 0.503. The van der Waals surface area contributed by atoms with Crippen LogP contribution in [0.15, 0.2) is 24.3 Å². The summed E-state index contributed by atoms with van der Waals surface area (Å²) in [5, 5.41) is 3.48. The molecule has 0 heterocycles. The van der Waals surface area contributed by atoms with E-state index >= 15 is 0 Å². The van der Waals surface area contributed by atoms with Crippen LogP contribution in [0.2, 0.25) is 0 Å². The SMILES string of the molecule is CCCCOCCC(CNCCOC)c1cccc(C)c1. The van der Waals surface area contributed by atoms with Crippen molar-refractivity contribution in [1.82, 2.24) is 5.32 Å². The summed E-state index contributed by atoms with van der Waals surface area (Å²) < 4.78 is 10.8. The second-order valence-corrected chi connectivity index (χ2v) is 5.56. The Labute approximate surface area is 130 Å². The fraction of sp³-hybridized carbons (Fsp3) is 0.667. The van der Waals surface area contributed by atoms with Crippen LogP contribution in [-0.4, -0.2) is 40.0 Å². The molecule has 1 unspecified atom stereocenters. The molecular formula is C18H31NO2. The van der Waals surface area contributed by atoms with E-state index in [0.717, 1.165) is 45.8 Å². The number of benzene rings is 1. The summed E-state index contributed by atoms with van der Waals surface area (Å²) in [6.45, 7) is 8.70. The zero-order chi connectivity index (χ0) is 15.3. The molecule has 0 radical (unpaired) electrons. The molecule has 0 spiro atoms. The fourth-order valence-electron chi connectivity index (χ4n) is 2.34. The molecular weight excluding hydrogens is 262 g/mol. The van der Waals surface area contributed by atoms with Crippen LogP contribution in [0.5, 0.6) is 0 Å². The van der Waals surface area contributed by atoms with Gasteiger partial charge in [0, 0.05) is 33.4 Å². The van der Waals surface area contributed by atoms with Gasteiger partial charge in [-0.1, -0.05) is 43.2 Å². The fourth-order valence-corrected chi connectivity index (χ4v) is 2.34. The summed E-state index contributed by atoms with van der Waals surface area (Å²) in [6.07, 6.45) is 3.41. The van der Waals surface area contributed by atoms with E-state index in [1.54, 1.807) is 7.11 Å². The van der Waals surface area contributed by atoms with Gasteiger partial charge in [0.2, 0.25) is 0 Å². The van der Waals surface area contributed by atoms with Gasteiger partial charge >= 0.3 is 0 Å². The highest BCUT2D eigenvalue weighted by atomic mass is 16.5. The van der Waals surface area contributed by atoms with E-state index in [1.165, 1.54) is 17.5 Å². The minimum Gasteiger partial charge on any atom is -0.383 e. The Morgan fingerprint density at radius 1 is 1.19 bits per heavy atom. The molecule has 0 saturated heterocycles. The normalized spacial score (nSPS) is 12.5. The highest BCUT2D eigenvalue weighted by Crippen LogP contribution is 2.20. The number of aryl methyl sites for hydroxylation is 1. The second kappa shape index (κ2) is 11.7. The van der Waals surface area contributed by atoms with Gasteiger partial charge in [0.05, 0.1) is 6.61 Å². The van der Waals surface area contributed by atoms with Crippen LogP contribution in [0, 0.1) is 6.92 Å². The predicted molar refractivity (Wildman–Crippen MR) is 89.0 cm³/mol. The van der Waals surface area contributed by atoms with Crippen molar-refractivity contribution in [1.29, 1.82) is 0 Å². The number of nitrogens with one attached hydrogen (secondary N) is 1. The zero-order valence-electron chi connectivity index (χ0n) is 13.9. The van der Waals surface area contributed by atoms with E-state index in [9.17, 15) is 0 Å². The van der Waals surface area contributed by atoms with Gasteiger partial charge in [-0.25, -0.2) is 0 Å². The lowest BCUT2D eigenvalue weighted by Crippen LogP contribution is -2.26. The molecule has 120 valence electrons. The second-order valence-electron chi connectivity index (χ2n) is 5.56. The Morgan fingerprint density at radius 3 is 2.76 bits per heavy atom. The molecule has 0 aliphatic carbocycles. The van der Waals surface area contributed by atoms with Crippen LogP contribution in [0.3, 0.4) is 0 Å². The summed E-state index contributed by atoms with van der Waals surface area (Å²) in [5.74, 6) is 0.503. The minimum absolute atomic E-state index is 0.503. The largest absolute Gasteiger partial charge is 0.383 e. The molecule has 0 aromatic heterocycles. The van der Waals surface area contributed by atoms with E-state index in [1.807, 2.05) is 0 Å². The summed E-state index contributed by atoms with van der Waals surface area (Å²) in [4.78, 5) is 0. The van der Waals surface area contributed by atoms with Crippen molar-refractivity contribution in [2.45, 2.75) is 39.0 Å². The number of methoxy groups -OCH3 is 1. The summed E-state index contributed by atoms with van der Waals surface area (Å²) in [6, 6.07) is 8.80. The number of hydrogen-bond donors (Lipinski definition) is 1. The van der Waals surface area contributed by atoms with Crippen LogP contribution in [0.25, 0.3) is 0 Å². The molecule has 1 aromatic rings. The summed E-state index contributed by atoms with van der Waals surface area (Å²) in [7, 11) is 1.74. The van der Waals surface area contributed by atoms with Crippen LogP contribution in [0.4, 0.5) is 0 Å². The number of unbranched alkanes of at least 4 members (excludes halogenated alkanes) is 1. The first kappa shape index (κ1) is 18.1. The molecule has 1 atom stereocenters. The standard InChI is InChI=1S/C18H31NO2/c1-4-5-11-21-12-9-18(15-19-10-13-20-3)17-8-6-7-16(2)14-17/h6-8,14,18-19H,4-5,9-13,15H2,1-3H3. The Morgan fingerprint density at radius 2 is 2.05 bits per heavy atom. The van der Waals surface area contributed by atoms with E-state index in [-0.39, 0.29) is 0 Å². The first-order chi connectivity index (χ1) is 10.3. The average molecular weight is 293 g/mol. The molecule has 0 bridgehead atoms. The van der Waals surface area contributed by atoms with Gasteiger partial charge in [-0.05, 0) is 31.2 Å². The van der Waals surface area contributed by atoms with Crippen LogP contribution in [-0.2, 0) is 9.47 Å². The number of hydrogen-bond acceptors (Lipinski definition) is 3. The third-order valence-electron chi connectivity index (χ3n) is 3.64. The molecule has 0 aliphatic heterocycles. The summed E-state index contributed by atoms with van der Waals surface area (Å²) >= 11 is 0. The molecule has 1 aromatic carbocycles. The van der Waals surface area contributed by atoms with Gasteiger partial charge < -0.3 is 14.8 Å². The molecule has 1 rings (SSSR count). The maximum Gasteiger partial charge on any atom is 0.0587 e. The molecule has 1 N–H and O–H groups in total. The molecule has 3 nitrogen and oxygen atoms in total. The highest BCUT2D eigenvalue weighted by Gasteiger charge is 2.11. The van der Waals surface area contributed by atoms with E-state index in [4.69, 9.17) is 9.47 Å². The van der Waals surface area contributed by atoms with Crippen LogP contribution in [0.1, 0.15) is 43.2 Å². The Kier molecular flexibility index (Phi) is 10.1. The molecule has 3 heteroatoms. The van der Waals surface area contributed by atoms with Gasteiger partial charge in [-0.2, -0.15) is 0 Å². The monoisotopic (exact) mass is 293 g/mol. The quantitative estimate of drug-likeness (QED) is 0.598. The molecule has 21 heavy (non-hydrogen) atoms. The smallest absolute Gasteiger partial charge is 0.0587 e. The topological polar surface area (TPSA) is 30.5 Å². The molecule has 0 fully saturated rings. The van der Waals surface area contributed by atoms with Crippen molar-refractivity contribution in [3.05, 3.63) is 35.4 Å². The summed E-state index contributed by atoms with van der Waals surface area (Å²) in [5.41, 5.74) is 2.72. The van der Waals surface area contributed by atoms with E-state index < -0.39 is 0 Å². The Bertz CT molecular complexity index is 368. The van der Waals surface area contributed by atoms with Gasteiger partial charge in [0.25, 0.3) is 0 Å².